The fourth-order valence-electron chi connectivity index (χ4n) is 4.52. The number of carbonyl (C=O) groups excluding carboxylic acids is 1. The Morgan fingerprint density at radius 1 is 1.30 bits per heavy atom. The Bertz CT molecular complexity index is 670. The van der Waals surface area contributed by atoms with Crippen LogP contribution in [0.2, 0.25) is 5.02 Å². The van der Waals surface area contributed by atoms with E-state index in [1.807, 2.05) is 0 Å². The lowest BCUT2D eigenvalue weighted by Gasteiger charge is -2.40. The molecule has 0 bridgehead atoms. The monoisotopic (exact) mass is 392 g/mol. The van der Waals surface area contributed by atoms with E-state index >= 15 is 0 Å². The van der Waals surface area contributed by atoms with Gasteiger partial charge >= 0.3 is 0 Å². The molecule has 1 saturated heterocycles. The summed E-state index contributed by atoms with van der Waals surface area (Å²) in [6, 6.07) is 2.39. The molecule has 1 aliphatic heterocycles. The molecule has 1 amide bonds. The molecule has 1 aromatic rings. The maximum atomic E-state index is 11.7. The topological polar surface area (TPSA) is 48.5 Å². The van der Waals surface area contributed by atoms with Crippen LogP contribution in [0.1, 0.15) is 56.9 Å². The smallest absolute Gasteiger partial charge is 0.269 e. The van der Waals surface area contributed by atoms with Gasteiger partial charge in [0.15, 0.2) is 0 Å². The van der Waals surface area contributed by atoms with E-state index in [9.17, 15) is 4.79 Å². The van der Waals surface area contributed by atoms with Crippen LogP contribution >= 0.6 is 11.6 Å². The van der Waals surface area contributed by atoms with Crippen molar-refractivity contribution in [1.82, 2.24) is 15.2 Å². The number of anilines is 1. The summed E-state index contributed by atoms with van der Waals surface area (Å²) in [6.07, 6.45) is 7.03. The third-order valence-electron chi connectivity index (χ3n) is 6.89. The van der Waals surface area contributed by atoms with Crippen molar-refractivity contribution in [3.63, 3.8) is 0 Å². The van der Waals surface area contributed by atoms with Crippen molar-refractivity contribution in [2.45, 2.75) is 52.5 Å². The second kappa shape index (κ2) is 8.36. The largest absolute Gasteiger partial charge is 0.367 e. The molecule has 1 aromatic heterocycles. The molecule has 2 aliphatic rings. The van der Waals surface area contributed by atoms with Crippen molar-refractivity contribution in [1.29, 1.82) is 0 Å². The van der Waals surface area contributed by atoms with Crippen LogP contribution in [0.25, 0.3) is 0 Å². The van der Waals surface area contributed by atoms with Crippen LogP contribution in [0.5, 0.6) is 0 Å². The number of carbonyl (C=O) groups is 1. The molecule has 3 rings (SSSR count). The average molecular weight is 393 g/mol. The molecule has 2 atom stereocenters. The van der Waals surface area contributed by atoms with Gasteiger partial charge in [-0.1, -0.05) is 38.8 Å². The number of hydrogen-bond acceptors (Lipinski definition) is 4. The van der Waals surface area contributed by atoms with Gasteiger partial charge in [-0.3, -0.25) is 9.69 Å². The highest BCUT2D eigenvalue weighted by atomic mass is 35.5. The zero-order valence-corrected chi connectivity index (χ0v) is 17.9. The minimum atomic E-state index is -0.209. The molecule has 150 valence electrons. The van der Waals surface area contributed by atoms with Crippen LogP contribution in [-0.2, 0) is 0 Å². The molecule has 27 heavy (non-hydrogen) atoms. The summed E-state index contributed by atoms with van der Waals surface area (Å²) in [7, 11) is 1.60. The van der Waals surface area contributed by atoms with Crippen molar-refractivity contribution in [3.8, 4) is 0 Å². The predicted octanol–water partition coefficient (Wildman–Crippen LogP) is 3.82. The van der Waals surface area contributed by atoms with E-state index in [0.717, 1.165) is 43.8 Å². The highest BCUT2D eigenvalue weighted by Crippen LogP contribution is 2.43. The van der Waals surface area contributed by atoms with E-state index < -0.39 is 0 Å². The van der Waals surface area contributed by atoms with Crippen molar-refractivity contribution in [2.75, 3.05) is 38.1 Å². The van der Waals surface area contributed by atoms with Crippen molar-refractivity contribution in [2.24, 2.45) is 11.3 Å². The lowest BCUT2D eigenvalue weighted by Crippen LogP contribution is -2.50. The normalized spacial score (nSPS) is 24.3. The molecular formula is C21H33ClN4O. The number of nitrogens with one attached hydrogen (secondary N) is 1. The molecule has 1 unspecified atom stereocenters. The van der Waals surface area contributed by atoms with E-state index in [0.29, 0.717) is 16.1 Å². The van der Waals surface area contributed by atoms with Gasteiger partial charge in [0, 0.05) is 39.3 Å². The Morgan fingerprint density at radius 2 is 2.00 bits per heavy atom. The molecule has 1 N–H and O–H groups in total. The Kier molecular flexibility index (Phi) is 6.32. The zero-order chi connectivity index (χ0) is 19.6. The van der Waals surface area contributed by atoms with Gasteiger partial charge in [0.05, 0.1) is 16.9 Å². The first-order valence-electron chi connectivity index (χ1n) is 10.2. The maximum Gasteiger partial charge on any atom is 0.269 e. The Labute approximate surface area is 168 Å². The van der Waals surface area contributed by atoms with E-state index in [4.69, 9.17) is 11.6 Å². The molecule has 1 aliphatic carbocycles. The van der Waals surface area contributed by atoms with Gasteiger partial charge in [0.25, 0.3) is 5.91 Å². The summed E-state index contributed by atoms with van der Waals surface area (Å²) in [6.45, 7) is 11.2. The van der Waals surface area contributed by atoms with Gasteiger partial charge in [-0.25, -0.2) is 4.98 Å². The number of rotatable bonds is 5. The van der Waals surface area contributed by atoms with Gasteiger partial charge in [-0.05, 0) is 36.7 Å². The van der Waals surface area contributed by atoms with E-state index in [-0.39, 0.29) is 5.91 Å². The Hall–Kier alpha value is -1.33. The number of pyridine rings is 1. The quantitative estimate of drug-likeness (QED) is 0.827. The highest BCUT2D eigenvalue weighted by molar-refractivity contribution is 6.33. The molecule has 0 radical (unpaired) electrons. The van der Waals surface area contributed by atoms with Crippen LogP contribution < -0.4 is 10.2 Å². The summed E-state index contributed by atoms with van der Waals surface area (Å²) < 4.78 is 0. The molecule has 2 heterocycles. The summed E-state index contributed by atoms with van der Waals surface area (Å²) in [5.74, 6) is 0.639. The van der Waals surface area contributed by atoms with Gasteiger partial charge in [0.1, 0.15) is 5.69 Å². The summed E-state index contributed by atoms with van der Waals surface area (Å²) in [5, 5.41) is 3.18. The van der Waals surface area contributed by atoms with Gasteiger partial charge in [-0.2, -0.15) is 0 Å². The van der Waals surface area contributed by atoms with E-state index in [1.54, 1.807) is 19.3 Å². The fourth-order valence-corrected chi connectivity index (χ4v) is 4.80. The summed E-state index contributed by atoms with van der Waals surface area (Å²) in [5.41, 5.74) is 1.75. The van der Waals surface area contributed by atoms with Gasteiger partial charge in [-0.15, -0.1) is 0 Å². The third-order valence-corrected chi connectivity index (χ3v) is 7.19. The third kappa shape index (κ3) is 4.40. The number of hydrogen-bond donors (Lipinski definition) is 1. The number of aromatic nitrogens is 1. The molecule has 2 fully saturated rings. The van der Waals surface area contributed by atoms with E-state index in [2.05, 4.69) is 40.9 Å². The lowest BCUT2D eigenvalue weighted by molar-refractivity contribution is 0.0958. The Balaban J connectivity index is 1.57. The van der Waals surface area contributed by atoms with Crippen LogP contribution in [0, 0.1) is 11.3 Å². The highest BCUT2D eigenvalue weighted by Gasteiger charge is 2.37. The molecule has 6 heteroatoms. The number of piperazine rings is 1. The first kappa shape index (κ1) is 20.4. The van der Waals surface area contributed by atoms with Crippen molar-refractivity contribution in [3.05, 3.63) is 23.0 Å². The molecular weight excluding hydrogens is 360 g/mol. The minimum Gasteiger partial charge on any atom is -0.367 e. The average Bonchev–Trinajstić information content (AvgIpc) is 3.18. The number of amides is 1. The zero-order valence-electron chi connectivity index (χ0n) is 17.1. The van der Waals surface area contributed by atoms with Gasteiger partial charge in [0.2, 0.25) is 0 Å². The van der Waals surface area contributed by atoms with Crippen molar-refractivity contribution < 1.29 is 4.79 Å². The summed E-state index contributed by atoms with van der Waals surface area (Å²) in [4.78, 5) is 20.9. The van der Waals surface area contributed by atoms with Crippen molar-refractivity contribution >= 4 is 23.2 Å². The number of nitrogens with zero attached hydrogens (tertiary/aromatic N) is 3. The van der Waals surface area contributed by atoms with Gasteiger partial charge < -0.3 is 10.2 Å². The number of halogens is 1. The molecule has 0 spiro atoms. The van der Waals surface area contributed by atoms with Crippen LogP contribution in [0.3, 0.4) is 0 Å². The maximum absolute atomic E-state index is 11.7. The minimum absolute atomic E-state index is 0.209. The first-order valence-corrected chi connectivity index (χ1v) is 10.6. The Morgan fingerprint density at radius 3 is 2.59 bits per heavy atom. The molecule has 0 aromatic carbocycles. The van der Waals surface area contributed by atoms with Crippen LogP contribution in [-0.4, -0.2) is 55.1 Å². The lowest BCUT2D eigenvalue weighted by atomic mass is 9.76. The second-order valence-corrected chi connectivity index (χ2v) is 9.04. The standard InChI is InChI=1S/C21H33ClN4O/c1-5-21(2,3)15-6-7-16(12-15)25-8-10-26(11-9-25)19-14-24-18(13-17(19)22)20(27)23-4/h13-16H,5-12H2,1-4H3,(H,23,27)/t15?,16-/m1/s1. The SMILES string of the molecule is CCC(C)(C)C1CC[C@@H](N2CCN(c3cnc(C(=O)NC)cc3Cl)CC2)C1. The first-order chi connectivity index (χ1) is 12.9. The second-order valence-electron chi connectivity index (χ2n) is 8.63. The van der Waals surface area contributed by atoms with Crippen LogP contribution in [0.15, 0.2) is 12.3 Å². The fraction of sp³-hybridized carbons (Fsp3) is 0.714. The molecule has 1 saturated carbocycles. The van der Waals surface area contributed by atoms with E-state index in [1.165, 1.54) is 25.7 Å². The molecule has 5 nitrogen and oxygen atoms in total. The van der Waals surface area contributed by atoms with Crippen LogP contribution in [0.4, 0.5) is 5.69 Å². The summed E-state index contributed by atoms with van der Waals surface area (Å²) >= 11 is 6.44. The predicted molar refractivity (Wildman–Crippen MR) is 112 cm³/mol.